The minimum absolute atomic E-state index is 0.0536. The third-order valence-corrected chi connectivity index (χ3v) is 6.29. The number of urea groups is 1. The number of hydrogen-bond donors (Lipinski definition) is 2. The smallest absolute Gasteiger partial charge is 0.326 e. The van der Waals surface area contributed by atoms with E-state index >= 15 is 0 Å². The Bertz CT molecular complexity index is 799. The summed E-state index contributed by atoms with van der Waals surface area (Å²) in [4.78, 5) is 40.2. The summed E-state index contributed by atoms with van der Waals surface area (Å²) in [5.41, 5.74) is 0.843. The number of anilines is 1. The minimum atomic E-state index is -0.969. The number of likely N-dealkylation sites (tertiary alicyclic amines) is 1. The zero-order valence-corrected chi connectivity index (χ0v) is 15.6. The molecule has 2 N–H and O–H groups in total. The van der Waals surface area contributed by atoms with Crippen molar-refractivity contribution >= 4 is 35.2 Å². The summed E-state index contributed by atoms with van der Waals surface area (Å²) in [7, 11) is 0. The highest BCUT2D eigenvalue weighted by Gasteiger charge is 2.48. The molecule has 2 saturated heterocycles. The van der Waals surface area contributed by atoms with Crippen LogP contribution in [0.4, 0.5) is 10.5 Å². The number of amides is 3. The molecule has 3 amide bonds. The molecule has 1 aliphatic carbocycles. The second-order valence-corrected chi connectivity index (χ2v) is 7.87. The molecule has 2 heterocycles. The van der Waals surface area contributed by atoms with Gasteiger partial charge in [0.1, 0.15) is 6.04 Å². The molecule has 1 aromatic carbocycles. The number of fused-ring (bicyclic) bond motifs is 1. The quantitative estimate of drug-likeness (QED) is 0.828. The zero-order chi connectivity index (χ0) is 19.1. The maximum atomic E-state index is 13.3. The molecular weight excluding hydrogens is 370 g/mol. The lowest BCUT2D eigenvalue weighted by Crippen LogP contribution is -2.46. The van der Waals surface area contributed by atoms with Gasteiger partial charge < -0.3 is 15.3 Å². The third kappa shape index (κ3) is 3.14. The van der Waals surface area contributed by atoms with Gasteiger partial charge in [0.05, 0.1) is 10.6 Å². The number of rotatable bonds is 3. The molecule has 8 heteroatoms. The van der Waals surface area contributed by atoms with Crippen LogP contribution in [0.2, 0.25) is 5.02 Å². The van der Waals surface area contributed by atoms with Crippen molar-refractivity contribution in [3.8, 4) is 0 Å². The Morgan fingerprint density at radius 3 is 2.70 bits per heavy atom. The van der Waals surface area contributed by atoms with Crippen molar-refractivity contribution in [1.82, 2.24) is 10.2 Å². The standard InChI is InChI=1S/C19H22ClN3O4/c20-14-6-5-12(22-8-7-21-19(22)27)10-13(14)17(24)23-15-4-2-1-3-11(15)9-16(23)18(25)26/h5-6,10-11,15-16H,1-4,7-9H2,(H,21,27)(H,25,26). The first-order valence-corrected chi connectivity index (χ1v) is 9.75. The van der Waals surface area contributed by atoms with E-state index in [1.165, 1.54) is 4.90 Å². The molecule has 1 aromatic rings. The molecule has 144 valence electrons. The van der Waals surface area contributed by atoms with Gasteiger partial charge in [-0.2, -0.15) is 0 Å². The van der Waals surface area contributed by atoms with Crippen molar-refractivity contribution in [1.29, 1.82) is 0 Å². The van der Waals surface area contributed by atoms with Crippen LogP contribution in [0.1, 0.15) is 42.5 Å². The van der Waals surface area contributed by atoms with Crippen molar-refractivity contribution in [2.24, 2.45) is 5.92 Å². The Kier molecular flexibility index (Phi) is 4.72. The first-order chi connectivity index (χ1) is 13.0. The van der Waals surface area contributed by atoms with Crippen molar-refractivity contribution in [2.75, 3.05) is 18.0 Å². The summed E-state index contributed by atoms with van der Waals surface area (Å²) in [5, 5.41) is 12.7. The van der Waals surface area contributed by atoms with Crippen LogP contribution >= 0.6 is 11.6 Å². The van der Waals surface area contributed by atoms with Crippen molar-refractivity contribution in [2.45, 2.75) is 44.2 Å². The van der Waals surface area contributed by atoms with Gasteiger partial charge in [-0.3, -0.25) is 9.69 Å². The van der Waals surface area contributed by atoms with E-state index in [-0.39, 0.29) is 34.5 Å². The summed E-state index contributed by atoms with van der Waals surface area (Å²) in [5.74, 6) is -1.10. The second-order valence-electron chi connectivity index (χ2n) is 7.46. The SMILES string of the molecule is O=C(O)C1CC2CCCCC2N1C(=O)c1cc(N2CCNC2=O)ccc1Cl. The van der Waals surface area contributed by atoms with E-state index in [4.69, 9.17) is 11.6 Å². The molecule has 2 aliphatic heterocycles. The summed E-state index contributed by atoms with van der Waals surface area (Å²) in [6.45, 7) is 1.06. The number of halogens is 1. The average Bonchev–Trinajstić information content (AvgIpc) is 3.25. The highest BCUT2D eigenvalue weighted by atomic mass is 35.5. The van der Waals surface area contributed by atoms with Gasteiger partial charge in [-0.15, -0.1) is 0 Å². The molecule has 27 heavy (non-hydrogen) atoms. The molecule has 4 rings (SSSR count). The topological polar surface area (TPSA) is 89.9 Å². The number of carbonyl (C=O) groups is 3. The number of benzene rings is 1. The monoisotopic (exact) mass is 391 g/mol. The lowest BCUT2D eigenvalue weighted by Gasteiger charge is -2.33. The molecule has 7 nitrogen and oxygen atoms in total. The van der Waals surface area contributed by atoms with Crippen LogP contribution in [0.25, 0.3) is 0 Å². The van der Waals surface area contributed by atoms with Crippen molar-refractivity contribution in [3.63, 3.8) is 0 Å². The van der Waals surface area contributed by atoms with E-state index in [1.807, 2.05) is 0 Å². The van der Waals surface area contributed by atoms with Crippen LogP contribution in [-0.4, -0.2) is 53.1 Å². The second kappa shape index (κ2) is 7.03. The molecule has 0 bridgehead atoms. The number of nitrogens with zero attached hydrogens (tertiary/aromatic N) is 2. The molecule has 3 atom stereocenters. The number of aliphatic carboxylic acids is 1. The fourth-order valence-electron chi connectivity index (χ4n) is 4.67. The van der Waals surface area contributed by atoms with Crippen LogP contribution in [0.15, 0.2) is 18.2 Å². The maximum Gasteiger partial charge on any atom is 0.326 e. The molecule has 0 radical (unpaired) electrons. The van der Waals surface area contributed by atoms with E-state index < -0.39 is 12.0 Å². The summed E-state index contributed by atoms with van der Waals surface area (Å²) in [6.07, 6.45) is 4.36. The predicted octanol–water partition coefficient (Wildman–Crippen LogP) is 2.73. The van der Waals surface area contributed by atoms with Crippen LogP contribution < -0.4 is 10.2 Å². The fraction of sp³-hybridized carbons (Fsp3) is 0.526. The summed E-state index contributed by atoms with van der Waals surface area (Å²) in [6, 6.07) is 3.81. The number of hydrogen-bond acceptors (Lipinski definition) is 3. The molecule has 3 fully saturated rings. The maximum absolute atomic E-state index is 13.3. The van der Waals surface area contributed by atoms with Gasteiger partial charge >= 0.3 is 12.0 Å². The Labute approximate surface area is 162 Å². The van der Waals surface area contributed by atoms with E-state index in [0.29, 0.717) is 25.2 Å². The van der Waals surface area contributed by atoms with Crippen LogP contribution in [0, 0.1) is 5.92 Å². The lowest BCUT2D eigenvalue weighted by atomic mass is 9.84. The van der Waals surface area contributed by atoms with Gasteiger partial charge in [-0.25, -0.2) is 9.59 Å². The van der Waals surface area contributed by atoms with E-state index in [0.717, 1.165) is 25.7 Å². The largest absolute Gasteiger partial charge is 0.480 e. The third-order valence-electron chi connectivity index (χ3n) is 5.96. The van der Waals surface area contributed by atoms with Crippen molar-refractivity contribution < 1.29 is 19.5 Å². The zero-order valence-electron chi connectivity index (χ0n) is 14.9. The molecule has 0 spiro atoms. The Morgan fingerprint density at radius 1 is 1.22 bits per heavy atom. The first kappa shape index (κ1) is 18.1. The molecule has 0 aromatic heterocycles. The summed E-state index contributed by atoms with van der Waals surface area (Å²) < 4.78 is 0. The highest BCUT2D eigenvalue weighted by molar-refractivity contribution is 6.34. The van der Waals surface area contributed by atoms with Crippen LogP contribution in [0.5, 0.6) is 0 Å². The number of carboxylic acid groups (broad SMARTS) is 1. The van der Waals surface area contributed by atoms with Gasteiger partial charge in [0.15, 0.2) is 0 Å². The molecule has 1 saturated carbocycles. The van der Waals surface area contributed by atoms with E-state index in [2.05, 4.69) is 5.32 Å². The number of carboxylic acids is 1. The normalized spacial score (nSPS) is 27.4. The van der Waals surface area contributed by atoms with Gasteiger partial charge in [-0.1, -0.05) is 24.4 Å². The van der Waals surface area contributed by atoms with Crippen LogP contribution in [-0.2, 0) is 4.79 Å². The van der Waals surface area contributed by atoms with Crippen molar-refractivity contribution in [3.05, 3.63) is 28.8 Å². The number of carbonyl (C=O) groups excluding carboxylic acids is 2. The Morgan fingerprint density at radius 2 is 2.00 bits per heavy atom. The molecular formula is C19H22ClN3O4. The number of nitrogens with one attached hydrogen (secondary N) is 1. The molecule has 3 unspecified atom stereocenters. The Hall–Kier alpha value is -2.28. The minimum Gasteiger partial charge on any atom is -0.480 e. The van der Waals surface area contributed by atoms with Gasteiger partial charge in [0.2, 0.25) is 0 Å². The van der Waals surface area contributed by atoms with Gasteiger partial charge in [-0.05, 0) is 43.4 Å². The predicted molar refractivity (Wildman–Crippen MR) is 100 cm³/mol. The van der Waals surface area contributed by atoms with E-state index in [1.54, 1.807) is 23.1 Å². The highest BCUT2D eigenvalue weighted by Crippen LogP contribution is 2.41. The van der Waals surface area contributed by atoms with E-state index in [9.17, 15) is 19.5 Å². The first-order valence-electron chi connectivity index (χ1n) is 9.37. The van der Waals surface area contributed by atoms with Gasteiger partial charge in [0, 0.05) is 24.8 Å². The van der Waals surface area contributed by atoms with Crippen LogP contribution in [0.3, 0.4) is 0 Å². The summed E-state index contributed by atoms with van der Waals surface area (Å²) >= 11 is 6.30. The molecule has 3 aliphatic rings. The fourth-order valence-corrected chi connectivity index (χ4v) is 4.87. The average molecular weight is 392 g/mol. The Balaban J connectivity index is 1.68. The lowest BCUT2D eigenvalue weighted by molar-refractivity contribution is -0.141. The van der Waals surface area contributed by atoms with Gasteiger partial charge in [0.25, 0.3) is 5.91 Å².